The lowest BCUT2D eigenvalue weighted by Gasteiger charge is -2.26. The fourth-order valence-corrected chi connectivity index (χ4v) is 2.13. The summed E-state index contributed by atoms with van der Waals surface area (Å²) in [6, 6.07) is 7.52. The lowest BCUT2D eigenvalue weighted by Crippen LogP contribution is -2.45. The van der Waals surface area contributed by atoms with Gasteiger partial charge in [-0.2, -0.15) is 0 Å². The van der Waals surface area contributed by atoms with Crippen LogP contribution >= 0.6 is 0 Å². The van der Waals surface area contributed by atoms with E-state index in [0.717, 1.165) is 11.3 Å². The van der Waals surface area contributed by atoms with Crippen molar-refractivity contribution in [3.05, 3.63) is 29.8 Å². The summed E-state index contributed by atoms with van der Waals surface area (Å²) in [6.07, 6.45) is -0.429. The number of carbonyl (C=O) groups is 2. The SMILES string of the molecule is CC(=O)OCc1ccccc1NC[C@@H](NC(=O)OC(C)(C)C)C(C)C. The van der Waals surface area contributed by atoms with Crippen molar-refractivity contribution in [2.24, 2.45) is 5.92 Å². The summed E-state index contributed by atoms with van der Waals surface area (Å²) in [7, 11) is 0. The van der Waals surface area contributed by atoms with Crippen LogP contribution in [0.2, 0.25) is 0 Å². The summed E-state index contributed by atoms with van der Waals surface area (Å²) < 4.78 is 10.4. The maximum atomic E-state index is 12.0. The maximum Gasteiger partial charge on any atom is 0.407 e. The fraction of sp³-hybridized carbons (Fsp3) is 0.579. The Hall–Kier alpha value is -2.24. The monoisotopic (exact) mass is 350 g/mol. The van der Waals surface area contributed by atoms with Crippen LogP contribution in [0.15, 0.2) is 24.3 Å². The normalized spacial score (nSPS) is 12.4. The van der Waals surface area contributed by atoms with Crippen molar-refractivity contribution >= 4 is 17.7 Å². The maximum absolute atomic E-state index is 12.0. The van der Waals surface area contributed by atoms with Crippen LogP contribution in [-0.2, 0) is 20.9 Å². The Bertz CT molecular complexity index is 579. The molecule has 0 aromatic heterocycles. The molecule has 6 nitrogen and oxygen atoms in total. The third-order valence-corrected chi connectivity index (χ3v) is 3.47. The van der Waals surface area contributed by atoms with Crippen LogP contribution in [0, 0.1) is 5.92 Å². The van der Waals surface area contributed by atoms with Gasteiger partial charge in [0.25, 0.3) is 0 Å². The number of nitrogens with one attached hydrogen (secondary N) is 2. The molecule has 2 N–H and O–H groups in total. The first-order chi connectivity index (χ1) is 11.6. The van der Waals surface area contributed by atoms with Crippen molar-refractivity contribution in [3.8, 4) is 0 Å². The van der Waals surface area contributed by atoms with Crippen molar-refractivity contribution in [2.45, 2.75) is 59.8 Å². The summed E-state index contributed by atoms with van der Waals surface area (Å²) in [5, 5.41) is 6.23. The number of para-hydroxylation sites is 1. The van der Waals surface area contributed by atoms with E-state index in [-0.39, 0.29) is 24.5 Å². The van der Waals surface area contributed by atoms with Gasteiger partial charge in [0.2, 0.25) is 0 Å². The number of benzene rings is 1. The van der Waals surface area contributed by atoms with E-state index in [1.807, 2.05) is 58.9 Å². The average Bonchev–Trinajstić information content (AvgIpc) is 2.48. The van der Waals surface area contributed by atoms with E-state index in [9.17, 15) is 9.59 Å². The largest absolute Gasteiger partial charge is 0.461 e. The summed E-state index contributed by atoms with van der Waals surface area (Å²) in [5.41, 5.74) is 1.23. The second-order valence-electron chi connectivity index (χ2n) is 7.32. The van der Waals surface area contributed by atoms with Crippen molar-refractivity contribution in [1.82, 2.24) is 5.32 Å². The molecule has 0 radical (unpaired) electrons. The molecule has 140 valence electrons. The minimum atomic E-state index is -0.532. The van der Waals surface area contributed by atoms with Gasteiger partial charge in [-0.05, 0) is 32.8 Å². The van der Waals surface area contributed by atoms with Crippen molar-refractivity contribution in [1.29, 1.82) is 0 Å². The molecule has 1 rings (SSSR count). The highest BCUT2D eigenvalue weighted by Crippen LogP contribution is 2.17. The predicted molar refractivity (Wildman–Crippen MR) is 98.4 cm³/mol. The van der Waals surface area contributed by atoms with Crippen LogP contribution in [0.4, 0.5) is 10.5 Å². The summed E-state index contributed by atoms with van der Waals surface area (Å²) in [4.78, 5) is 23.0. The Balaban J connectivity index is 2.69. The van der Waals surface area contributed by atoms with Crippen molar-refractivity contribution in [3.63, 3.8) is 0 Å². The molecule has 0 fully saturated rings. The number of anilines is 1. The van der Waals surface area contributed by atoms with Gasteiger partial charge in [0.15, 0.2) is 0 Å². The Kier molecular flexibility index (Phi) is 7.74. The molecule has 1 atom stereocenters. The van der Waals surface area contributed by atoms with Gasteiger partial charge < -0.3 is 20.1 Å². The zero-order chi connectivity index (χ0) is 19.0. The molecule has 25 heavy (non-hydrogen) atoms. The molecular formula is C19H30N2O4. The van der Waals surface area contributed by atoms with E-state index in [2.05, 4.69) is 10.6 Å². The highest BCUT2D eigenvalue weighted by molar-refractivity contribution is 5.68. The van der Waals surface area contributed by atoms with Gasteiger partial charge >= 0.3 is 12.1 Å². The van der Waals surface area contributed by atoms with Crippen LogP contribution in [0.25, 0.3) is 0 Å². The van der Waals surface area contributed by atoms with Gasteiger partial charge in [-0.3, -0.25) is 4.79 Å². The molecule has 0 aliphatic rings. The first-order valence-corrected chi connectivity index (χ1v) is 8.53. The quantitative estimate of drug-likeness (QED) is 0.733. The molecule has 0 bridgehead atoms. The van der Waals surface area contributed by atoms with Crippen LogP contribution in [0.5, 0.6) is 0 Å². The number of carbonyl (C=O) groups excluding carboxylic acids is 2. The van der Waals surface area contributed by atoms with Crippen molar-refractivity contribution in [2.75, 3.05) is 11.9 Å². The number of esters is 1. The van der Waals surface area contributed by atoms with E-state index in [4.69, 9.17) is 9.47 Å². The van der Waals surface area contributed by atoms with E-state index in [0.29, 0.717) is 6.54 Å². The van der Waals surface area contributed by atoms with Crippen LogP contribution < -0.4 is 10.6 Å². The van der Waals surface area contributed by atoms with E-state index >= 15 is 0 Å². The van der Waals surface area contributed by atoms with Gasteiger partial charge in [-0.25, -0.2) is 4.79 Å². The average molecular weight is 350 g/mol. The van der Waals surface area contributed by atoms with Crippen LogP contribution in [0.3, 0.4) is 0 Å². The molecule has 6 heteroatoms. The number of hydrogen-bond donors (Lipinski definition) is 2. The second kappa shape index (κ2) is 9.30. The highest BCUT2D eigenvalue weighted by Gasteiger charge is 2.21. The third kappa shape index (κ3) is 8.42. The first kappa shape index (κ1) is 20.8. The van der Waals surface area contributed by atoms with Crippen molar-refractivity contribution < 1.29 is 19.1 Å². The smallest absolute Gasteiger partial charge is 0.407 e. The molecule has 0 spiro atoms. The Morgan fingerprint density at radius 1 is 1.16 bits per heavy atom. The summed E-state index contributed by atoms with van der Waals surface area (Å²) >= 11 is 0. The van der Waals surface area contributed by atoms with E-state index < -0.39 is 11.7 Å². The highest BCUT2D eigenvalue weighted by atomic mass is 16.6. The molecule has 1 amide bonds. The standard InChI is InChI=1S/C19H30N2O4/c1-13(2)17(21-18(23)25-19(4,5)6)11-20-16-10-8-7-9-15(16)12-24-14(3)22/h7-10,13,17,20H,11-12H2,1-6H3,(H,21,23)/t17-/m1/s1. The lowest BCUT2D eigenvalue weighted by atomic mass is 10.0. The molecule has 0 aliphatic heterocycles. The number of amides is 1. The number of rotatable bonds is 7. The summed E-state index contributed by atoms with van der Waals surface area (Å²) in [5.74, 6) is -0.0953. The minimum absolute atomic E-state index is 0.100. The van der Waals surface area contributed by atoms with Gasteiger partial charge in [-0.1, -0.05) is 32.0 Å². The first-order valence-electron chi connectivity index (χ1n) is 8.53. The molecule has 0 saturated heterocycles. The minimum Gasteiger partial charge on any atom is -0.461 e. The van der Waals surface area contributed by atoms with Gasteiger partial charge in [0.1, 0.15) is 12.2 Å². The molecule has 0 heterocycles. The number of hydrogen-bond acceptors (Lipinski definition) is 5. The lowest BCUT2D eigenvalue weighted by molar-refractivity contribution is -0.142. The van der Waals surface area contributed by atoms with Crippen LogP contribution in [0.1, 0.15) is 47.1 Å². The van der Waals surface area contributed by atoms with Crippen LogP contribution in [-0.4, -0.2) is 30.3 Å². The molecular weight excluding hydrogens is 320 g/mol. The Morgan fingerprint density at radius 2 is 1.80 bits per heavy atom. The zero-order valence-corrected chi connectivity index (χ0v) is 16.0. The van der Waals surface area contributed by atoms with Gasteiger partial charge in [-0.15, -0.1) is 0 Å². The Labute approximate surface area is 150 Å². The Morgan fingerprint density at radius 3 is 2.36 bits per heavy atom. The number of alkyl carbamates (subject to hydrolysis) is 1. The van der Waals surface area contributed by atoms with Gasteiger partial charge in [0.05, 0.1) is 6.04 Å². The molecule has 1 aromatic carbocycles. The third-order valence-electron chi connectivity index (χ3n) is 3.47. The molecule has 0 saturated carbocycles. The fourth-order valence-electron chi connectivity index (χ4n) is 2.13. The van der Waals surface area contributed by atoms with E-state index in [1.165, 1.54) is 6.92 Å². The van der Waals surface area contributed by atoms with E-state index in [1.54, 1.807) is 0 Å². The molecule has 1 aromatic rings. The molecule has 0 unspecified atom stereocenters. The topological polar surface area (TPSA) is 76.7 Å². The zero-order valence-electron chi connectivity index (χ0n) is 16.0. The number of ether oxygens (including phenoxy) is 2. The predicted octanol–water partition coefficient (Wildman–Crippen LogP) is 3.71. The molecule has 0 aliphatic carbocycles. The second-order valence-corrected chi connectivity index (χ2v) is 7.32. The van der Waals surface area contributed by atoms with Gasteiger partial charge in [0, 0.05) is 24.7 Å². The summed E-state index contributed by atoms with van der Waals surface area (Å²) in [6.45, 7) is 11.7.